The van der Waals surface area contributed by atoms with Gasteiger partial charge in [0.05, 0.1) is 12.7 Å². The molecule has 2 rings (SSSR count). The minimum absolute atomic E-state index is 0.201. The van der Waals surface area contributed by atoms with Crippen LogP contribution >= 0.6 is 23.2 Å². The van der Waals surface area contributed by atoms with Gasteiger partial charge in [-0.2, -0.15) is 5.10 Å². The summed E-state index contributed by atoms with van der Waals surface area (Å²) in [6, 6.07) is 7.33. The van der Waals surface area contributed by atoms with Crippen molar-refractivity contribution in [3.63, 3.8) is 0 Å². The van der Waals surface area contributed by atoms with E-state index in [1.165, 1.54) is 4.68 Å². The minimum Gasteiger partial charge on any atom is -0.266 e. The van der Waals surface area contributed by atoms with E-state index in [4.69, 9.17) is 23.2 Å². The molecule has 0 radical (unpaired) electrons. The average molecular weight is 269 g/mol. The van der Waals surface area contributed by atoms with Crippen molar-refractivity contribution < 1.29 is 0 Å². The molecule has 0 saturated heterocycles. The number of aromatic nitrogens is 2. The Morgan fingerprint density at radius 3 is 2.71 bits per heavy atom. The number of halogens is 2. The second-order valence-electron chi connectivity index (χ2n) is 3.70. The summed E-state index contributed by atoms with van der Waals surface area (Å²) in [5.74, 6) is 0. The number of nitrogens with zero attached hydrogens (tertiary/aromatic N) is 2. The van der Waals surface area contributed by atoms with E-state index in [1.807, 2.05) is 18.2 Å². The molecule has 1 heterocycles. The summed E-state index contributed by atoms with van der Waals surface area (Å²) < 4.78 is 1.30. The van der Waals surface area contributed by atoms with Gasteiger partial charge in [0.1, 0.15) is 5.02 Å². The van der Waals surface area contributed by atoms with E-state index in [9.17, 15) is 4.79 Å². The highest BCUT2D eigenvalue weighted by atomic mass is 35.5. The van der Waals surface area contributed by atoms with Crippen LogP contribution in [0.2, 0.25) is 10.0 Å². The molecule has 0 amide bonds. The zero-order valence-electron chi connectivity index (χ0n) is 9.15. The van der Waals surface area contributed by atoms with Crippen LogP contribution in [0.3, 0.4) is 0 Å². The summed E-state index contributed by atoms with van der Waals surface area (Å²) in [6.07, 6.45) is 1.57. The van der Waals surface area contributed by atoms with Gasteiger partial charge in [0.2, 0.25) is 0 Å². The first kappa shape index (κ1) is 12.1. The first-order valence-corrected chi connectivity index (χ1v) is 5.81. The Kier molecular flexibility index (Phi) is 3.50. The highest BCUT2D eigenvalue weighted by molar-refractivity contribution is 6.31. The molecular weight excluding hydrogens is 259 g/mol. The van der Waals surface area contributed by atoms with Gasteiger partial charge in [-0.25, -0.2) is 4.68 Å². The lowest BCUT2D eigenvalue weighted by atomic mass is 10.2. The fourth-order valence-corrected chi connectivity index (χ4v) is 1.79. The highest BCUT2D eigenvalue weighted by Crippen LogP contribution is 2.15. The monoisotopic (exact) mass is 268 g/mol. The number of hydrogen-bond acceptors (Lipinski definition) is 2. The first-order valence-electron chi connectivity index (χ1n) is 5.05. The van der Waals surface area contributed by atoms with E-state index >= 15 is 0 Å². The van der Waals surface area contributed by atoms with Gasteiger partial charge < -0.3 is 0 Å². The molecule has 0 aliphatic rings. The largest absolute Gasteiger partial charge is 0.286 e. The van der Waals surface area contributed by atoms with Gasteiger partial charge in [-0.15, -0.1) is 0 Å². The van der Waals surface area contributed by atoms with Crippen molar-refractivity contribution in [2.45, 2.75) is 13.5 Å². The maximum Gasteiger partial charge on any atom is 0.286 e. The predicted molar refractivity (Wildman–Crippen MR) is 68.8 cm³/mol. The number of hydrogen-bond donors (Lipinski definition) is 0. The molecule has 3 nitrogen and oxygen atoms in total. The van der Waals surface area contributed by atoms with Crippen LogP contribution < -0.4 is 5.56 Å². The zero-order valence-corrected chi connectivity index (χ0v) is 10.7. The summed E-state index contributed by atoms with van der Waals surface area (Å²) in [7, 11) is 0. The molecule has 0 atom stereocenters. The van der Waals surface area contributed by atoms with Crippen molar-refractivity contribution >= 4 is 23.2 Å². The predicted octanol–water partition coefficient (Wildman–Crippen LogP) is 2.91. The number of aryl methyl sites for hydroxylation is 1. The van der Waals surface area contributed by atoms with E-state index in [2.05, 4.69) is 5.10 Å². The second kappa shape index (κ2) is 4.90. The minimum atomic E-state index is -0.299. The molecule has 2 aromatic rings. The van der Waals surface area contributed by atoms with E-state index in [0.29, 0.717) is 17.1 Å². The van der Waals surface area contributed by atoms with Crippen LogP contribution in [0, 0.1) is 6.92 Å². The van der Waals surface area contributed by atoms with Gasteiger partial charge in [0.15, 0.2) is 0 Å². The molecule has 0 spiro atoms. The van der Waals surface area contributed by atoms with Crippen LogP contribution in [0.1, 0.15) is 11.1 Å². The average Bonchev–Trinajstić information content (AvgIpc) is 2.32. The van der Waals surface area contributed by atoms with Crippen molar-refractivity contribution in [3.8, 4) is 0 Å². The van der Waals surface area contributed by atoms with Crippen LogP contribution in [-0.2, 0) is 6.54 Å². The fraction of sp³-hybridized carbons (Fsp3) is 0.167. The molecule has 0 unspecified atom stereocenters. The van der Waals surface area contributed by atoms with Gasteiger partial charge in [0.25, 0.3) is 5.56 Å². The molecule has 17 heavy (non-hydrogen) atoms. The molecule has 0 bridgehead atoms. The van der Waals surface area contributed by atoms with Gasteiger partial charge >= 0.3 is 0 Å². The zero-order chi connectivity index (χ0) is 12.4. The highest BCUT2D eigenvalue weighted by Gasteiger charge is 2.07. The standard InChI is InChI=1S/C12H10Cl2N2O/c1-8-6-15-16(12(17)11(8)14)7-9-4-2-3-5-10(9)13/h2-6H,7H2,1H3. The third-order valence-corrected chi connectivity index (χ3v) is 3.27. The molecule has 0 fully saturated rings. The van der Waals surface area contributed by atoms with Crippen LogP contribution in [0.4, 0.5) is 0 Å². The van der Waals surface area contributed by atoms with Crippen LogP contribution in [0.25, 0.3) is 0 Å². The Morgan fingerprint density at radius 1 is 1.29 bits per heavy atom. The SMILES string of the molecule is Cc1cnn(Cc2ccccc2Cl)c(=O)c1Cl. The summed E-state index contributed by atoms with van der Waals surface area (Å²) in [6.45, 7) is 2.06. The molecule has 0 saturated carbocycles. The Bertz CT molecular complexity index is 608. The lowest BCUT2D eigenvalue weighted by Gasteiger charge is -2.07. The van der Waals surface area contributed by atoms with E-state index in [1.54, 1.807) is 19.2 Å². The summed E-state index contributed by atoms with van der Waals surface area (Å²) in [5.41, 5.74) is 1.21. The molecule has 88 valence electrons. The quantitative estimate of drug-likeness (QED) is 0.840. The third-order valence-electron chi connectivity index (χ3n) is 2.44. The Labute approximate surface area is 109 Å². The van der Waals surface area contributed by atoms with E-state index < -0.39 is 0 Å². The maximum atomic E-state index is 11.8. The lowest BCUT2D eigenvalue weighted by molar-refractivity contribution is 0.636. The maximum absolute atomic E-state index is 11.8. The van der Waals surface area contributed by atoms with Crippen LogP contribution in [0.5, 0.6) is 0 Å². The van der Waals surface area contributed by atoms with Gasteiger partial charge in [-0.05, 0) is 24.1 Å². The van der Waals surface area contributed by atoms with Gasteiger partial charge in [-0.3, -0.25) is 4.79 Å². The summed E-state index contributed by atoms with van der Waals surface area (Å²) in [4.78, 5) is 11.8. The number of rotatable bonds is 2. The van der Waals surface area contributed by atoms with Crippen LogP contribution in [-0.4, -0.2) is 9.78 Å². The third kappa shape index (κ3) is 2.51. The second-order valence-corrected chi connectivity index (χ2v) is 4.48. The van der Waals surface area contributed by atoms with Crippen molar-refractivity contribution in [1.82, 2.24) is 9.78 Å². The molecule has 0 N–H and O–H groups in total. The van der Waals surface area contributed by atoms with Gasteiger partial charge in [-0.1, -0.05) is 41.4 Å². The van der Waals surface area contributed by atoms with Crippen molar-refractivity contribution in [2.24, 2.45) is 0 Å². The normalized spacial score (nSPS) is 10.5. The molecule has 1 aromatic heterocycles. The Morgan fingerprint density at radius 2 is 2.00 bits per heavy atom. The molecule has 1 aromatic carbocycles. The Hall–Kier alpha value is -1.32. The van der Waals surface area contributed by atoms with Crippen molar-refractivity contribution in [3.05, 3.63) is 62.0 Å². The molecule has 5 heteroatoms. The number of benzene rings is 1. The smallest absolute Gasteiger partial charge is 0.266 e. The topological polar surface area (TPSA) is 34.9 Å². The lowest BCUT2D eigenvalue weighted by Crippen LogP contribution is -2.24. The Balaban J connectivity index is 2.41. The van der Waals surface area contributed by atoms with Crippen LogP contribution in [0.15, 0.2) is 35.3 Å². The summed E-state index contributed by atoms with van der Waals surface area (Å²) >= 11 is 11.9. The van der Waals surface area contributed by atoms with Crippen molar-refractivity contribution in [1.29, 1.82) is 0 Å². The molecular formula is C12H10Cl2N2O. The van der Waals surface area contributed by atoms with E-state index in [-0.39, 0.29) is 10.6 Å². The first-order chi connectivity index (χ1) is 8.09. The van der Waals surface area contributed by atoms with E-state index in [0.717, 1.165) is 5.56 Å². The summed E-state index contributed by atoms with van der Waals surface area (Å²) in [5, 5.41) is 4.85. The molecule has 0 aliphatic heterocycles. The van der Waals surface area contributed by atoms with Gasteiger partial charge in [0, 0.05) is 5.02 Å². The van der Waals surface area contributed by atoms with Crippen molar-refractivity contribution in [2.75, 3.05) is 0 Å². The fourth-order valence-electron chi connectivity index (χ4n) is 1.45. The molecule has 0 aliphatic carbocycles.